The molecular formula is C19H22IN5O. The fraction of sp³-hybridized carbons (Fsp3) is 0.263. The van der Waals surface area contributed by atoms with Gasteiger partial charge < -0.3 is 20.4 Å². The number of nitrogens with zero attached hydrogens (tertiary/aromatic N) is 3. The van der Waals surface area contributed by atoms with Crippen molar-refractivity contribution in [1.29, 1.82) is 0 Å². The van der Waals surface area contributed by atoms with Gasteiger partial charge in [-0.25, -0.2) is 9.98 Å². The van der Waals surface area contributed by atoms with Crippen LogP contribution in [0.4, 0.5) is 5.69 Å². The molecule has 3 aromatic rings. The minimum absolute atomic E-state index is 0. The second-order valence-electron chi connectivity index (χ2n) is 6.17. The number of nitrogens with one attached hydrogen (secondary N) is 1. The minimum atomic E-state index is 0. The number of fused-ring (bicyclic) bond motifs is 1. The number of hydrogen-bond acceptors (Lipinski definition) is 3. The molecule has 4 rings (SSSR count). The Bertz CT molecular complexity index is 915. The summed E-state index contributed by atoms with van der Waals surface area (Å²) in [5.41, 5.74) is 9.10. The number of para-hydroxylation sites is 2. The lowest BCUT2D eigenvalue weighted by molar-refractivity contribution is 0.415. The molecule has 0 saturated heterocycles. The van der Waals surface area contributed by atoms with Crippen molar-refractivity contribution in [3.8, 4) is 5.75 Å². The molecule has 6 nitrogen and oxygen atoms in total. The van der Waals surface area contributed by atoms with Crippen LogP contribution in [0.1, 0.15) is 24.7 Å². The average Bonchev–Trinajstić information content (AvgIpc) is 3.41. The van der Waals surface area contributed by atoms with Gasteiger partial charge in [-0.3, -0.25) is 0 Å². The first kappa shape index (κ1) is 18.5. The lowest BCUT2D eigenvalue weighted by Crippen LogP contribution is -2.22. The number of halogens is 1. The van der Waals surface area contributed by atoms with Gasteiger partial charge in [0.05, 0.1) is 18.1 Å². The molecule has 0 unspecified atom stereocenters. The van der Waals surface area contributed by atoms with E-state index in [2.05, 4.69) is 27.0 Å². The number of ether oxygens (including phenoxy) is 1. The maximum absolute atomic E-state index is 6.03. The van der Waals surface area contributed by atoms with Gasteiger partial charge in [-0.2, -0.15) is 0 Å². The molecule has 1 aromatic heterocycles. The van der Waals surface area contributed by atoms with E-state index in [1.54, 1.807) is 7.11 Å². The summed E-state index contributed by atoms with van der Waals surface area (Å²) in [5.74, 6) is 2.14. The number of hydrogen-bond donors (Lipinski definition) is 2. The second kappa shape index (κ2) is 7.94. The summed E-state index contributed by atoms with van der Waals surface area (Å²) >= 11 is 0. The molecule has 0 atom stereocenters. The highest BCUT2D eigenvalue weighted by Gasteiger charge is 2.27. The van der Waals surface area contributed by atoms with Crippen molar-refractivity contribution in [3.05, 3.63) is 54.4 Å². The molecule has 1 saturated carbocycles. The van der Waals surface area contributed by atoms with Crippen LogP contribution < -0.4 is 15.8 Å². The topological polar surface area (TPSA) is 77.5 Å². The summed E-state index contributed by atoms with van der Waals surface area (Å²) in [6, 6.07) is 16.3. The Kier molecular flexibility index (Phi) is 5.65. The summed E-state index contributed by atoms with van der Waals surface area (Å²) in [4.78, 5) is 9.20. The molecule has 3 N–H and O–H groups in total. The third kappa shape index (κ3) is 3.92. The summed E-state index contributed by atoms with van der Waals surface area (Å²) in [6.45, 7) is 0.459. The zero-order valence-electron chi connectivity index (χ0n) is 14.6. The van der Waals surface area contributed by atoms with E-state index in [0.717, 1.165) is 22.8 Å². The Morgan fingerprint density at radius 1 is 1.23 bits per heavy atom. The zero-order valence-corrected chi connectivity index (χ0v) is 16.9. The van der Waals surface area contributed by atoms with E-state index in [4.69, 9.17) is 15.5 Å². The highest BCUT2D eigenvalue weighted by Crippen LogP contribution is 2.38. The normalized spacial score (nSPS) is 14.1. The molecule has 0 bridgehead atoms. The van der Waals surface area contributed by atoms with Crippen LogP contribution in [-0.2, 0) is 6.54 Å². The lowest BCUT2D eigenvalue weighted by atomic mass is 10.3. The Morgan fingerprint density at radius 2 is 1.96 bits per heavy atom. The molecule has 136 valence electrons. The van der Waals surface area contributed by atoms with E-state index in [-0.39, 0.29) is 24.0 Å². The molecule has 0 aliphatic heterocycles. The SMILES string of the molecule is COc1ccc(NC(N)=NCc2nc3ccccc3n2C2CC2)cc1.I. The number of nitrogens with two attached hydrogens (primary N) is 1. The van der Waals surface area contributed by atoms with Crippen LogP contribution >= 0.6 is 24.0 Å². The molecule has 7 heteroatoms. The first-order chi connectivity index (χ1) is 12.2. The molecule has 2 aromatic carbocycles. The Balaban J connectivity index is 0.00000196. The van der Waals surface area contributed by atoms with Crippen LogP contribution in [0.2, 0.25) is 0 Å². The fourth-order valence-electron chi connectivity index (χ4n) is 2.96. The lowest BCUT2D eigenvalue weighted by Gasteiger charge is -2.08. The van der Waals surface area contributed by atoms with Crippen molar-refractivity contribution in [1.82, 2.24) is 9.55 Å². The van der Waals surface area contributed by atoms with Gasteiger partial charge in [-0.05, 0) is 49.2 Å². The number of benzene rings is 2. The summed E-state index contributed by atoms with van der Waals surface area (Å²) in [5, 5.41) is 3.10. The van der Waals surface area contributed by atoms with Crippen molar-refractivity contribution < 1.29 is 4.74 Å². The van der Waals surface area contributed by atoms with E-state index < -0.39 is 0 Å². The molecule has 1 heterocycles. The highest BCUT2D eigenvalue weighted by molar-refractivity contribution is 14.0. The van der Waals surface area contributed by atoms with Gasteiger partial charge in [0.1, 0.15) is 18.1 Å². The number of rotatable bonds is 5. The van der Waals surface area contributed by atoms with E-state index >= 15 is 0 Å². The Labute approximate surface area is 169 Å². The van der Waals surface area contributed by atoms with Gasteiger partial charge in [-0.1, -0.05) is 12.1 Å². The van der Waals surface area contributed by atoms with E-state index in [1.807, 2.05) is 36.4 Å². The molecule has 1 fully saturated rings. The first-order valence-electron chi connectivity index (χ1n) is 8.41. The van der Waals surface area contributed by atoms with Crippen molar-refractivity contribution in [3.63, 3.8) is 0 Å². The molecule has 1 aliphatic rings. The van der Waals surface area contributed by atoms with Crippen molar-refractivity contribution in [2.75, 3.05) is 12.4 Å². The summed E-state index contributed by atoms with van der Waals surface area (Å²) < 4.78 is 7.45. The van der Waals surface area contributed by atoms with Crippen molar-refractivity contribution >= 4 is 46.7 Å². The van der Waals surface area contributed by atoms with E-state index in [0.29, 0.717) is 18.5 Å². The highest BCUT2D eigenvalue weighted by atomic mass is 127. The maximum Gasteiger partial charge on any atom is 0.193 e. The fourth-order valence-corrected chi connectivity index (χ4v) is 2.96. The summed E-state index contributed by atoms with van der Waals surface area (Å²) in [6.07, 6.45) is 2.41. The number of guanidine groups is 1. The van der Waals surface area contributed by atoms with Crippen LogP contribution in [0.25, 0.3) is 11.0 Å². The van der Waals surface area contributed by atoms with Crippen LogP contribution in [0.3, 0.4) is 0 Å². The zero-order chi connectivity index (χ0) is 17.2. The molecular weight excluding hydrogens is 441 g/mol. The van der Waals surface area contributed by atoms with Gasteiger partial charge in [0.25, 0.3) is 0 Å². The first-order valence-corrected chi connectivity index (χ1v) is 8.41. The average molecular weight is 463 g/mol. The van der Waals surface area contributed by atoms with Gasteiger partial charge in [-0.15, -0.1) is 24.0 Å². The quantitative estimate of drug-likeness (QED) is 0.342. The number of anilines is 1. The number of imidazole rings is 1. The molecule has 1 aliphatic carbocycles. The molecule has 0 radical (unpaired) electrons. The van der Waals surface area contributed by atoms with Crippen LogP contribution in [0.15, 0.2) is 53.5 Å². The van der Waals surface area contributed by atoms with Crippen LogP contribution in [0, 0.1) is 0 Å². The second-order valence-corrected chi connectivity index (χ2v) is 6.17. The smallest absolute Gasteiger partial charge is 0.193 e. The van der Waals surface area contributed by atoms with Crippen molar-refractivity contribution in [2.24, 2.45) is 10.7 Å². The Morgan fingerprint density at radius 3 is 2.65 bits per heavy atom. The molecule has 0 spiro atoms. The molecule has 26 heavy (non-hydrogen) atoms. The van der Waals surface area contributed by atoms with Gasteiger partial charge >= 0.3 is 0 Å². The monoisotopic (exact) mass is 463 g/mol. The van der Waals surface area contributed by atoms with Gasteiger partial charge in [0.15, 0.2) is 5.96 Å². The number of aliphatic imine (C=N–C) groups is 1. The van der Waals surface area contributed by atoms with E-state index in [1.165, 1.54) is 18.4 Å². The standard InChI is InChI=1S/C19H21N5O.HI/c1-25-15-10-6-13(7-11-15)22-19(20)21-12-18-23-16-4-2-3-5-17(16)24(18)14-8-9-14;/h2-7,10-11,14H,8-9,12H2,1H3,(H3,20,21,22);1H. The van der Waals surface area contributed by atoms with Gasteiger partial charge in [0, 0.05) is 11.7 Å². The maximum atomic E-state index is 6.03. The van der Waals surface area contributed by atoms with Gasteiger partial charge in [0.2, 0.25) is 0 Å². The largest absolute Gasteiger partial charge is 0.497 e. The third-order valence-electron chi connectivity index (χ3n) is 4.33. The third-order valence-corrected chi connectivity index (χ3v) is 4.33. The van der Waals surface area contributed by atoms with Crippen LogP contribution in [0.5, 0.6) is 5.75 Å². The van der Waals surface area contributed by atoms with Crippen molar-refractivity contribution in [2.45, 2.75) is 25.4 Å². The Hall–Kier alpha value is -2.29. The molecule has 0 amide bonds. The number of aromatic nitrogens is 2. The number of methoxy groups -OCH3 is 1. The predicted molar refractivity (Wildman–Crippen MR) is 115 cm³/mol. The summed E-state index contributed by atoms with van der Waals surface area (Å²) in [7, 11) is 1.64. The minimum Gasteiger partial charge on any atom is -0.497 e. The van der Waals surface area contributed by atoms with E-state index in [9.17, 15) is 0 Å². The predicted octanol–water partition coefficient (Wildman–Crippen LogP) is 3.92. The van der Waals surface area contributed by atoms with Crippen LogP contribution in [-0.4, -0.2) is 22.6 Å².